The Morgan fingerprint density at radius 2 is 2.09 bits per heavy atom. The van der Waals surface area contributed by atoms with Gasteiger partial charge in [-0.25, -0.2) is 4.98 Å². The minimum atomic E-state index is -0.910. The molecule has 3 rings (SSSR count). The van der Waals surface area contributed by atoms with Gasteiger partial charge in [-0.05, 0) is 32.9 Å². The quantitative estimate of drug-likeness (QED) is 0.355. The molecule has 0 saturated carbocycles. The van der Waals surface area contributed by atoms with E-state index in [9.17, 15) is 9.90 Å². The lowest BCUT2D eigenvalue weighted by atomic mass is 10.0. The summed E-state index contributed by atoms with van der Waals surface area (Å²) in [6.45, 7) is 8.08. The van der Waals surface area contributed by atoms with Crippen LogP contribution in [0.3, 0.4) is 0 Å². The third kappa shape index (κ3) is 6.15. The molecular formula is C23H27ClN6O3. The van der Waals surface area contributed by atoms with Crippen molar-refractivity contribution in [2.24, 2.45) is 0 Å². The molecule has 0 bridgehead atoms. The lowest BCUT2D eigenvalue weighted by Crippen LogP contribution is -2.30. The number of aldehydes is 1. The van der Waals surface area contributed by atoms with Gasteiger partial charge in [-0.2, -0.15) is 9.97 Å². The van der Waals surface area contributed by atoms with Gasteiger partial charge >= 0.3 is 0 Å². The highest BCUT2D eigenvalue weighted by Crippen LogP contribution is 2.30. The predicted octanol–water partition coefficient (Wildman–Crippen LogP) is 3.87. The van der Waals surface area contributed by atoms with Crippen LogP contribution in [0.4, 0.5) is 11.8 Å². The maximum atomic E-state index is 12.0. The summed E-state index contributed by atoms with van der Waals surface area (Å²) in [5, 5.41) is 17.3. The van der Waals surface area contributed by atoms with Gasteiger partial charge in [0.05, 0.1) is 5.60 Å². The number of nitrogens with one attached hydrogen (secondary N) is 1. The minimum absolute atomic E-state index is 0.291. The first-order chi connectivity index (χ1) is 15.6. The third-order valence-electron chi connectivity index (χ3n) is 4.81. The van der Waals surface area contributed by atoms with Crippen molar-refractivity contribution in [1.29, 1.82) is 0 Å². The van der Waals surface area contributed by atoms with E-state index in [2.05, 4.69) is 25.4 Å². The summed E-state index contributed by atoms with van der Waals surface area (Å²) >= 11 is 6.50. The number of nitrogens with zero attached hydrogens (tertiary/aromatic N) is 5. The van der Waals surface area contributed by atoms with Gasteiger partial charge in [0.15, 0.2) is 6.29 Å². The molecule has 0 atom stereocenters. The third-order valence-corrected chi connectivity index (χ3v) is 5.13. The van der Waals surface area contributed by atoms with Gasteiger partial charge in [0.25, 0.3) is 0 Å². The standard InChI is InChI=1S/C23H27ClN6O3/c1-6-30(5)21-16(11-25-22(28-21)26-13-23(3,4)32)9-17(12-31)18-8-7-15(10-19(18)24)20-27-14(2)33-29-20/h7-12,32H,6,13H2,1-5H3,(H,25,26,28)/b17-9+. The van der Waals surface area contributed by atoms with Crippen molar-refractivity contribution in [1.82, 2.24) is 20.1 Å². The average Bonchev–Trinajstić information content (AvgIpc) is 3.22. The van der Waals surface area contributed by atoms with Crippen molar-refractivity contribution in [2.45, 2.75) is 33.3 Å². The Labute approximate surface area is 197 Å². The smallest absolute Gasteiger partial charge is 0.224 e. The van der Waals surface area contributed by atoms with Gasteiger partial charge in [0.2, 0.25) is 17.7 Å². The zero-order valence-corrected chi connectivity index (χ0v) is 20.0. The van der Waals surface area contributed by atoms with Gasteiger partial charge in [0, 0.05) is 60.5 Å². The minimum Gasteiger partial charge on any atom is -0.389 e. The molecule has 2 aromatic heterocycles. The zero-order chi connectivity index (χ0) is 24.2. The molecule has 0 radical (unpaired) electrons. The molecule has 2 N–H and O–H groups in total. The summed E-state index contributed by atoms with van der Waals surface area (Å²) in [6, 6.07) is 5.22. The maximum absolute atomic E-state index is 12.0. The highest BCUT2D eigenvalue weighted by molar-refractivity contribution is 6.34. The van der Waals surface area contributed by atoms with Crippen molar-refractivity contribution in [3.8, 4) is 11.4 Å². The summed E-state index contributed by atoms with van der Waals surface area (Å²) in [4.78, 5) is 27.0. The van der Waals surface area contributed by atoms with Crippen LogP contribution in [0.25, 0.3) is 23.0 Å². The van der Waals surface area contributed by atoms with Crippen molar-refractivity contribution in [3.63, 3.8) is 0 Å². The average molecular weight is 471 g/mol. The number of rotatable bonds is 9. The SMILES string of the molecule is CCN(C)c1nc(NCC(C)(C)O)ncc1/C=C(\C=O)c1ccc(-c2noc(C)n2)cc1Cl. The fourth-order valence-corrected chi connectivity index (χ4v) is 3.26. The first-order valence-corrected chi connectivity index (χ1v) is 10.8. The normalized spacial score (nSPS) is 12.0. The van der Waals surface area contributed by atoms with E-state index >= 15 is 0 Å². The topological polar surface area (TPSA) is 117 Å². The summed E-state index contributed by atoms with van der Waals surface area (Å²) in [5.74, 6) is 1.90. The molecule has 0 fully saturated rings. The number of aliphatic hydroxyl groups is 1. The molecule has 0 unspecified atom stereocenters. The number of halogens is 1. The fraction of sp³-hybridized carbons (Fsp3) is 0.348. The number of carbonyl (C=O) groups is 1. The Kier molecular flexibility index (Phi) is 7.45. The summed E-state index contributed by atoms with van der Waals surface area (Å²) < 4.78 is 5.02. The van der Waals surface area contributed by atoms with Crippen LogP contribution in [0.1, 0.15) is 37.8 Å². The van der Waals surface area contributed by atoms with E-state index in [1.165, 1.54) is 0 Å². The first kappa shape index (κ1) is 24.3. The summed E-state index contributed by atoms with van der Waals surface area (Å²) in [5.41, 5.74) is 1.37. The van der Waals surface area contributed by atoms with Crippen LogP contribution in [0, 0.1) is 6.92 Å². The van der Waals surface area contributed by atoms with Crippen molar-refractivity contribution < 1.29 is 14.4 Å². The van der Waals surface area contributed by atoms with Gasteiger partial charge in [-0.1, -0.05) is 28.9 Å². The number of benzene rings is 1. The second kappa shape index (κ2) is 10.1. The lowest BCUT2D eigenvalue weighted by molar-refractivity contribution is -0.103. The molecule has 1 aromatic carbocycles. The second-order valence-corrected chi connectivity index (χ2v) is 8.61. The Hall–Kier alpha value is -3.30. The number of hydrogen-bond acceptors (Lipinski definition) is 9. The van der Waals surface area contributed by atoms with E-state index in [1.807, 2.05) is 18.9 Å². The summed E-state index contributed by atoms with van der Waals surface area (Å²) in [6.07, 6.45) is 4.08. The molecule has 33 heavy (non-hydrogen) atoms. The Balaban J connectivity index is 1.98. The number of hydrogen-bond donors (Lipinski definition) is 2. The number of anilines is 2. The maximum Gasteiger partial charge on any atom is 0.224 e. The van der Waals surface area contributed by atoms with Crippen LogP contribution in [0.15, 0.2) is 28.9 Å². The van der Waals surface area contributed by atoms with Gasteiger partial charge in [-0.3, -0.25) is 4.79 Å². The molecule has 10 heteroatoms. The van der Waals surface area contributed by atoms with Gasteiger partial charge in [-0.15, -0.1) is 0 Å². The van der Waals surface area contributed by atoms with Crippen LogP contribution < -0.4 is 10.2 Å². The van der Waals surface area contributed by atoms with E-state index in [0.29, 0.717) is 63.9 Å². The van der Waals surface area contributed by atoms with Crippen LogP contribution in [0.2, 0.25) is 5.02 Å². The molecule has 3 aromatic rings. The summed E-state index contributed by atoms with van der Waals surface area (Å²) in [7, 11) is 1.90. The Morgan fingerprint density at radius 3 is 2.67 bits per heavy atom. The first-order valence-electron chi connectivity index (χ1n) is 10.4. The number of aryl methyl sites for hydroxylation is 1. The van der Waals surface area contributed by atoms with Gasteiger partial charge < -0.3 is 19.8 Å². The molecule has 0 aliphatic carbocycles. The van der Waals surface area contributed by atoms with E-state index in [0.717, 1.165) is 6.29 Å². The van der Waals surface area contributed by atoms with E-state index in [-0.39, 0.29) is 0 Å². The highest BCUT2D eigenvalue weighted by Gasteiger charge is 2.16. The van der Waals surface area contributed by atoms with Crippen LogP contribution in [-0.4, -0.2) is 57.2 Å². The Bertz CT molecular complexity index is 1170. The fourth-order valence-electron chi connectivity index (χ4n) is 2.97. The molecule has 0 spiro atoms. The number of carbonyl (C=O) groups excluding carboxylic acids is 1. The largest absolute Gasteiger partial charge is 0.389 e. The Morgan fingerprint density at radius 1 is 1.33 bits per heavy atom. The zero-order valence-electron chi connectivity index (χ0n) is 19.3. The van der Waals surface area contributed by atoms with Crippen molar-refractivity contribution >= 4 is 41.3 Å². The molecule has 0 aliphatic heterocycles. The molecule has 2 heterocycles. The van der Waals surface area contributed by atoms with E-state index < -0.39 is 5.60 Å². The van der Waals surface area contributed by atoms with Crippen molar-refractivity contribution in [3.05, 3.63) is 46.4 Å². The molecule has 9 nitrogen and oxygen atoms in total. The second-order valence-electron chi connectivity index (χ2n) is 8.20. The molecule has 0 amide bonds. The monoisotopic (exact) mass is 470 g/mol. The van der Waals surface area contributed by atoms with E-state index in [1.54, 1.807) is 51.2 Å². The van der Waals surface area contributed by atoms with Crippen LogP contribution >= 0.6 is 11.6 Å². The number of aromatic nitrogens is 4. The van der Waals surface area contributed by atoms with Gasteiger partial charge in [0.1, 0.15) is 5.82 Å². The number of allylic oxidation sites excluding steroid dienone is 1. The molecule has 0 saturated heterocycles. The van der Waals surface area contributed by atoms with Crippen molar-refractivity contribution in [2.75, 3.05) is 30.4 Å². The molecular weight excluding hydrogens is 444 g/mol. The van der Waals surface area contributed by atoms with Crippen LogP contribution in [0.5, 0.6) is 0 Å². The van der Waals surface area contributed by atoms with Crippen LogP contribution in [-0.2, 0) is 4.79 Å². The van der Waals surface area contributed by atoms with E-state index in [4.69, 9.17) is 16.1 Å². The lowest BCUT2D eigenvalue weighted by Gasteiger charge is -2.21. The highest BCUT2D eigenvalue weighted by atomic mass is 35.5. The molecule has 0 aliphatic rings. The molecule has 174 valence electrons. The predicted molar refractivity (Wildman–Crippen MR) is 129 cm³/mol.